The minimum Gasteiger partial charge on any atom is -0.382 e. The maximum Gasteiger partial charge on any atom is 0.409 e. The van der Waals surface area contributed by atoms with E-state index in [0.29, 0.717) is 29.6 Å². The summed E-state index contributed by atoms with van der Waals surface area (Å²) in [6.45, 7) is 32.8. The standard InChI is InChI=1S/C21H18F3N5O2.C16H18N4O.C13H13F3N2O2.CH4/c1-13-4-6-15(7-5-13)17-11-29(28-27-17)12-20(2,31)18(30)9-14-8-16(21(22,23)24)19(25-3)26-10-14;1-11-8-18-20(9-11)10-13(3)19-16(21)14-5-6-15(17-4)12(2)7-14;1-4-12(2,20)10(19)6-8-5-9(13(14,15)16)11(17-3)18-7-8;/h4-8,10-11,31H,9,12H2,1-2H3;5-9,13H,10H2,1-3H3,(H,19,21);5,7,20H,4,6H2,1-2H3;1H4/t20-;13-;12-;/m000./s1. The van der Waals surface area contributed by atoms with E-state index in [9.17, 15) is 50.9 Å². The van der Waals surface area contributed by atoms with E-state index >= 15 is 0 Å². The highest BCUT2D eigenvalue weighted by molar-refractivity contribution is 5.95. The van der Waals surface area contributed by atoms with Gasteiger partial charge in [0.15, 0.2) is 17.3 Å². The Bertz CT molecular complexity index is 3030. The molecule has 16 nitrogen and oxygen atoms in total. The molecule has 0 aliphatic rings. The summed E-state index contributed by atoms with van der Waals surface area (Å²) in [7, 11) is 0. The largest absolute Gasteiger partial charge is 0.409 e. The first kappa shape index (κ1) is 59.2. The summed E-state index contributed by atoms with van der Waals surface area (Å²) < 4.78 is 80.6. The molecule has 0 radical (unpaired) electrons. The maximum atomic E-state index is 13.1. The molecule has 0 aliphatic carbocycles. The molecule has 384 valence electrons. The Morgan fingerprint density at radius 1 is 0.726 bits per heavy atom. The Morgan fingerprint density at radius 3 is 1.71 bits per heavy atom. The SMILES string of the molecule is C.[C-]#[N+]c1ccc(C(=O)N[C@@H](C)Cn2cc(C)cn2)cc1C.[C-]#[N+]c1ncc(CC(=O)[C@@](C)(O)CC)cc1C(F)(F)F.[C-]#[N+]c1ncc(CC(=O)[C@@](C)(O)Cn2cc(-c3ccc(C)cc3)nn2)cc1C(F)(F)F. The van der Waals surface area contributed by atoms with Crippen LogP contribution in [0.25, 0.3) is 25.8 Å². The van der Waals surface area contributed by atoms with Crippen LogP contribution in [-0.4, -0.2) is 79.7 Å². The fraction of sp³-hybridized carbons (Fsp3) is 0.353. The molecular weight excluding hydrogens is 961 g/mol. The number of ketones is 2. The van der Waals surface area contributed by atoms with E-state index in [1.807, 2.05) is 62.8 Å². The van der Waals surface area contributed by atoms with Gasteiger partial charge in [0.2, 0.25) is 0 Å². The van der Waals surface area contributed by atoms with Crippen LogP contribution in [0.5, 0.6) is 0 Å². The monoisotopic (exact) mass is 1010 g/mol. The summed E-state index contributed by atoms with van der Waals surface area (Å²) in [4.78, 5) is 52.3. The molecule has 4 aromatic heterocycles. The van der Waals surface area contributed by atoms with Crippen LogP contribution in [-0.2, 0) is 47.9 Å². The highest BCUT2D eigenvalue weighted by Gasteiger charge is 2.37. The first-order valence-electron chi connectivity index (χ1n) is 21.7. The molecule has 0 bridgehead atoms. The van der Waals surface area contributed by atoms with Gasteiger partial charge in [0.1, 0.15) is 29.3 Å². The highest BCUT2D eigenvalue weighted by atomic mass is 19.4. The van der Waals surface area contributed by atoms with Crippen molar-refractivity contribution in [2.75, 3.05) is 0 Å². The number of aromatic nitrogens is 7. The summed E-state index contributed by atoms with van der Waals surface area (Å²) in [5, 5.41) is 35.5. The third-order valence-electron chi connectivity index (χ3n) is 10.8. The molecule has 6 rings (SSSR count). The lowest BCUT2D eigenvalue weighted by molar-refractivity contribution is -0.138. The Morgan fingerprint density at radius 2 is 1.26 bits per heavy atom. The fourth-order valence-corrected chi connectivity index (χ4v) is 6.50. The van der Waals surface area contributed by atoms with E-state index in [2.05, 4.69) is 45.2 Å². The van der Waals surface area contributed by atoms with E-state index in [1.54, 1.807) is 37.5 Å². The van der Waals surface area contributed by atoms with Gasteiger partial charge in [-0.25, -0.2) is 9.53 Å². The average molecular weight is 1010 g/mol. The van der Waals surface area contributed by atoms with Gasteiger partial charge in [-0.15, -0.1) is 15.1 Å². The van der Waals surface area contributed by atoms with Gasteiger partial charge in [-0.1, -0.05) is 92.9 Å². The molecule has 1 amide bonds. The molecule has 3 atom stereocenters. The van der Waals surface area contributed by atoms with Crippen LogP contribution >= 0.6 is 0 Å². The molecule has 0 saturated carbocycles. The number of hydrogen-bond acceptors (Lipinski definition) is 10. The predicted octanol–water partition coefficient (Wildman–Crippen LogP) is 10.2. The summed E-state index contributed by atoms with van der Waals surface area (Å²) in [5.74, 6) is -2.99. The van der Waals surface area contributed by atoms with Crippen molar-refractivity contribution >= 4 is 34.8 Å². The zero-order valence-corrected chi connectivity index (χ0v) is 40.1. The van der Waals surface area contributed by atoms with Crippen molar-refractivity contribution in [1.29, 1.82) is 0 Å². The highest BCUT2D eigenvalue weighted by Crippen LogP contribution is 2.37. The smallest absolute Gasteiger partial charge is 0.382 e. The Balaban J connectivity index is 0.000000297. The molecule has 0 spiro atoms. The quantitative estimate of drug-likeness (QED) is 0.0699. The third-order valence-corrected chi connectivity index (χ3v) is 10.8. The van der Waals surface area contributed by atoms with Gasteiger partial charge >= 0.3 is 12.4 Å². The number of rotatable bonds is 14. The van der Waals surface area contributed by atoms with E-state index in [1.165, 1.54) is 18.5 Å². The number of nitrogens with zero attached hydrogens (tertiary/aromatic N) is 10. The number of benzene rings is 2. The minimum absolute atomic E-state index is 0. The predicted molar refractivity (Wildman–Crippen MR) is 258 cm³/mol. The van der Waals surface area contributed by atoms with E-state index in [-0.39, 0.29) is 49.9 Å². The first-order chi connectivity index (χ1) is 33.6. The van der Waals surface area contributed by atoms with E-state index in [0.717, 1.165) is 40.7 Å². The molecule has 0 aliphatic heterocycles. The zero-order chi connectivity index (χ0) is 53.8. The lowest BCUT2D eigenvalue weighted by Crippen LogP contribution is -2.41. The molecule has 22 heteroatoms. The molecule has 6 aromatic rings. The van der Waals surface area contributed by atoms with E-state index in [4.69, 9.17) is 19.7 Å². The number of carbonyl (C=O) groups is 3. The van der Waals surface area contributed by atoms with Crippen molar-refractivity contribution in [2.45, 2.75) is 118 Å². The number of amides is 1. The third kappa shape index (κ3) is 16.7. The molecular formula is C51H53F6N11O5. The normalized spacial score (nSPS) is 13.0. The average Bonchev–Trinajstić information content (AvgIpc) is 3.96. The Kier molecular flexibility index (Phi) is 20.1. The van der Waals surface area contributed by atoms with Gasteiger partial charge in [0, 0.05) is 47.3 Å². The van der Waals surface area contributed by atoms with Crippen molar-refractivity contribution in [1.82, 2.24) is 40.1 Å². The van der Waals surface area contributed by atoms with Crippen LogP contribution in [0.1, 0.15) is 90.8 Å². The van der Waals surface area contributed by atoms with Gasteiger partial charge in [0.25, 0.3) is 17.5 Å². The Labute approximate surface area is 418 Å². The van der Waals surface area contributed by atoms with Gasteiger partial charge in [-0.2, -0.15) is 31.4 Å². The number of carbonyl (C=O) groups excluding carboxylic acids is 3. The van der Waals surface area contributed by atoms with Crippen molar-refractivity contribution in [3.63, 3.8) is 0 Å². The molecule has 0 unspecified atom stereocenters. The number of Topliss-reactive ketones (excluding diaryl/α,β-unsaturated/α-hetero) is 2. The number of pyridine rings is 2. The molecule has 3 N–H and O–H groups in total. The lowest BCUT2D eigenvalue weighted by Gasteiger charge is -2.21. The summed E-state index contributed by atoms with van der Waals surface area (Å²) in [6, 6.07) is 14.1. The molecule has 4 heterocycles. The van der Waals surface area contributed by atoms with Crippen LogP contribution < -0.4 is 5.32 Å². The van der Waals surface area contributed by atoms with Crippen LogP contribution in [0, 0.1) is 40.5 Å². The number of halogens is 6. The second-order valence-electron chi connectivity index (χ2n) is 17.1. The van der Waals surface area contributed by atoms with E-state index < -0.39 is 64.3 Å². The van der Waals surface area contributed by atoms with Crippen LogP contribution in [0.15, 0.2) is 85.6 Å². The topological polar surface area (TPSA) is 191 Å². The molecule has 73 heavy (non-hydrogen) atoms. The molecule has 0 saturated heterocycles. The van der Waals surface area contributed by atoms with Crippen molar-refractivity contribution < 1.29 is 50.9 Å². The van der Waals surface area contributed by atoms with Gasteiger partial charge in [-0.05, 0) is 59.1 Å². The second-order valence-corrected chi connectivity index (χ2v) is 17.1. The van der Waals surface area contributed by atoms with Gasteiger partial charge in [0.05, 0.1) is 43.2 Å². The van der Waals surface area contributed by atoms with Crippen LogP contribution in [0.3, 0.4) is 0 Å². The molecule has 0 fully saturated rings. The number of aryl methyl sites for hydroxylation is 3. The Hall–Kier alpha value is -8.13. The number of alkyl halides is 6. The minimum atomic E-state index is -4.78. The fourth-order valence-electron chi connectivity index (χ4n) is 6.50. The number of aliphatic hydroxyl groups is 2. The lowest BCUT2D eigenvalue weighted by atomic mass is 9.93. The maximum absolute atomic E-state index is 13.1. The van der Waals surface area contributed by atoms with Crippen LogP contribution in [0.4, 0.5) is 43.7 Å². The number of nitrogens with one attached hydrogen (secondary N) is 1. The van der Waals surface area contributed by atoms with Crippen molar-refractivity contribution in [3.8, 4) is 11.3 Å². The summed E-state index contributed by atoms with van der Waals surface area (Å²) in [6.07, 6.45) is -2.80. The van der Waals surface area contributed by atoms with Gasteiger partial charge < -0.3 is 25.2 Å². The summed E-state index contributed by atoms with van der Waals surface area (Å²) in [5.41, 5.74) is -0.413. The van der Waals surface area contributed by atoms with Crippen molar-refractivity contribution in [2.24, 2.45) is 0 Å². The zero-order valence-electron chi connectivity index (χ0n) is 40.1. The van der Waals surface area contributed by atoms with Crippen molar-refractivity contribution in [3.05, 3.63) is 164 Å². The van der Waals surface area contributed by atoms with Crippen LogP contribution in [0.2, 0.25) is 0 Å². The van der Waals surface area contributed by atoms with Gasteiger partial charge in [-0.3, -0.25) is 19.1 Å². The first-order valence-corrected chi connectivity index (χ1v) is 21.7. The summed E-state index contributed by atoms with van der Waals surface area (Å²) >= 11 is 0. The second kappa shape index (κ2) is 24.8. The number of hydrogen-bond donors (Lipinski definition) is 3. The molecule has 2 aromatic carbocycles.